The molecule has 1 atom stereocenters. The van der Waals surface area contributed by atoms with Crippen molar-refractivity contribution in [1.82, 2.24) is 0 Å². The van der Waals surface area contributed by atoms with Crippen molar-refractivity contribution in [1.29, 1.82) is 0 Å². The molecular weight excluding hydrogens is 572 g/mol. The highest BCUT2D eigenvalue weighted by atomic mass is 16.6. The van der Waals surface area contributed by atoms with Gasteiger partial charge in [-0.15, -0.1) is 0 Å². The van der Waals surface area contributed by atoms with Gasteiger partial charge in [-0.3, -0.25) is 9.59 Å². The molecule has 0 fully saturated rings. The molecule has 0 rings (SSSR count). The quantitative estimate of drug-likeness (QED) is 0.0450. The second kappa shape index (κ2) is 36.8. The van der Waals surface area contributed by atoms with Crippen LogP contribution in [0.1, 0.15) is 155 Å². The number of carbonyl (C=O) groups is 2. The van der Waals surface area contributed by atoms with E-state index in [1.54, 1.807) is 0 Å². The summed E-state index contributed by atoms with van der Waals surface area (Å²) in [6, 6.07) is 0. The van der Waals surface area contributed by atoms with Crippen LogP contribution in [0.15, 0.2) is 72.9 Å². The molecule has 0 radical (unpaired) electrons. The minimum absolute atomic E-state index is 0.0871. The molecular formula is C41H68O5. The van der Waals surface area contributed by atoms with Crippen molar-refractivity contribution in [2.75, 3.05) is 13.2 Å². The van der Waals surface area contributed by atoms with E-state index < -0.39 is 6.10 Å². The average Bonchev–Trinajstić information content (AvgIpc) is 3.06. The van der Waals surface area contributed by atoms with Gasteiger partial charge in [-0.05, 0) is 83.5 Å². The summed E-state index contributed by atoms with van der Waals surface area (Å²) >= 11 is 0. The zero-order chi connectivity index (χ0) is 33.6. The van der Waals surface area contributed by atoms with E-state index in [9.17, 15) is 14.7 Å². The number of hydrogen-bond acceptors (Lipinski definition) is 5. The van der Waals surface area contributed by atoms with Crippen LogP contribution in [0.5, 0.6) is 0 Å². The Morgan fingerprint density at radius 2 is 0.935 bits per heavy atom. The number of carbonyl (C=O) groups excluding carboxylic acids is 2. The molecule has 0 aliphatic heterocycles. The van der Waals surface area contributed by atoms with E-state index in [0.29, 0.717) is 12.8 Å². The third-order valence-electron chi connectivity index (χ3n) is 7.48. The summed E-state index contributed by atoms with van der Waals surface area (Å²) < 4.78 is 10.6. The lowest BCUT2D eigenvalue weighted by Gasteiger charge is -2.15. The van der Waals surface area contributed by atoms with Gasteiger partial charge in [-0.1, -0.05) is 132 Å². The average molecular weight is 641 g/mol. The molecule has 0 spiro atoms. The molecule has 5 nitrogen and oxygen atoms in total. The first kappa shape index (κ1) is 43.3. The van der Waals surface area contributed by atoms with Crippen LogP contribution in [-0.4, -0.2) is 36.4 Å². The van der Waals surface area contributed by atoms with Crippen molar-refractivity contribution in [3.63, 3.8) is 0 Å². The molecule has 0 saturated heterocycles. The van der Waals surface area contributed by atoms with Crippen molar-refractivity contribution in [3.8, 4) is 0 Å². The number of aliphatic hydroxyl groups is 1. The summed E-state index contributed by atoms with van der Waals surface area (Å²) in [4.78, 5) is 24.2. The van der Waals surface area contributed by atoms with Gasteiger partial charge < -0.3 is 14.6 Å². The topological polar surface area (TPSA) is 72.8 Å². The van der Waals surface area contributed by atoms with E-state index in [2.05, 4.69) is 86.8 Å². The molecule has 0 bridgehead atoms. The van der Waals surface area contributed by atoms with Crippen LogP contribution in [0.25, 0.3) is 0 Å². The largest absolute Gasteiger partial charge is 0.462 e. The second-order valence-electron chi connectivity index (χ2n) is 11.9. The molecule has 0 aliphatic rings. The number of rotatable bonds is 32. The number of aliphatic hydroxyl groups excluding tert-OH is 1. The van der Waals surface area contributed by atoms with E-state index in [1.807, 2.05) is 0 Å². The van der Waals surface area contributed by atoms with Crippen molar-refractivity contribution in [2.24, 2.45) is 0 Å². The smallest absolute Gasteiger partial charge is 0.306 e. The van der Waals surface area contributed by atoms with E-state index in [-0.39, 0.29) is 25.2 Å². The Labute approximate surface area is 283 Å². The van der Waals surface area contributed by atoms with E-state index in [1.165, 1.54) is 38.5 Å². The summed E-state index contributed by atoms with van der Waals surface area (Å²) in [5.74, 6) is -0.642. The standard InChI is InChI=1S/C41H68O5/c1-3-5-7-9-11-13-15-17-19-20-22-24-26-28-30-32-34-36-41(44)46-39(37-42)38-45-40(43)35-33-31-29-27-25-23-21-18-16-14-12-10-8-6-4-2/h5,7,11-14,17-19,21-22,24,39,42H,3-4,6,8-10,15-16,20,23,25-38H2,1-2H3. The summed E-state index contributed by atoms with van der Waals surface area (Å²) in [6.45, 7) is 3.94. The van der Waals surface area contributed by atoms with Crippen LogP contribution in [0.4, 0.5) is 0 Å². The maximum atomic E-state index is 12.1. The fourth-order valence-electron chi connectivity index (χ4n) is 4.69. The van der Waals surface area contributed by atoms with Gasteiger partial charge in [0.2, 0.25) is 0 Å². The van der Waals surface area contributed by atoms with E-state index in [4.69, 9.17) is 9.47 Å². The van der Waals surface area contributed by atoms with Crippen molar-refractivity contribution >= 4 is 11.9 Å². The van der Waals surface area contributed by atoms with Gasteiger partial charge in [0.1, 0.15) is 6.61 Å². The normalized spacial score (nSPS) is 13.0. The first-order valence-corrected chi connectivity index (χ1v) is 18.5. The minimum atomic E-state index is -0.792. The Morgan fingerprint density at radius 1 is 0.522 bits per heavy atom. The fraction of sp³-hybridized carbons (Fsp3) is 0.659. The Hall–Kier alpha value is -2.66. The van der Waals surface area contributed by atoms with Gasteiger partial charge in [0.25, 0.3) is 0 Å². The van der Waals surface area contributed by atoms with Crippen LogP contribution in [0.2, 0.25) is 0 Å². The maximum Gasteiger partial charge on any atom is 0.306 e. The number of hydrogen-bond donors (Lipinski definition) is 1. The highest BCUT2D eigenvalue weighted by Gasteiger charge is 2.16. The van der Waals surface area contributed by atoms with Crippen LogP contribution in [0, 0.1) is 0 Å². The Bertz CT molecular complexity index is 864. The summed E-state index contributed by atoms with van der Waals surface area (Å²) in [7, 11) is 0. The highest BCUT2D eigenvalue weighted by Crippen LogP contribution is 2.11. The van der Waals surface area contributed by atoms with E-state index in [0.717, 1.165) is 89.9 Å². The van der Waals surface area contributed by atoms with Gasteiger partial charge in [0, 0.05) is 12.8 Å². The molecule has 1 N–H and O–H groups in total. The number of ether oxygens (including phenoxy) is 2. The summed E-state index contributed by atoms with van der Waals surface area (Å²) in [5.41, 5.74) is 0. The van der Waals surface area contributed by atoms with Gasteiger partial charge in [-0.25, -0.2) is 0 Å². The first-order chi connectivity index (χ1) is 22.6. The molecule has 46 heavy (non-hydrogen) atoms. The molecule has 0 aliphatic carbocycles. The predicted molar refractivity (Wildman–Crippen MR) is 196 cm³/mol. The number of unbranched alkanes of at least 4 members (excludes halogenated alkanes) is 12. The third kappa shape index (κ3) is 34.2. The third-order valence-corrected chi connectivity index (χ3v) is 7.48. The molecule has 0 saturated carbocycles. The van der Waals surface area contributed by atoms with Gasteiger partial charge >= 0.3 is 11.9 Å². The summed E-state index contributed by atoms with van der Waals surface area (Å²) in [6.07, 6.45) is 48.1. The van der Waals surface area contributed by atoms with Crippen molar-refractivity contribution in [3.05, 3.63) is 72.9 Å². The lowest BCUT2D eigenvalue weighted by atomic mass is 10.1. The molecule has 0 aromatic heterocycles. The van der Waals surface area contributed by atoms with Gasteiger partial charge in [-0.2, -0.15) is 0 Å². The zero-order valence-corrected chi connectivity index (χ0v) is 29.6. The minimum Gasteiger partial charge on any atom is -0.462 e. The van der Waals surface area contributed by atoms with Crippen LogP contribution in [-0.2, 0) is 19.1 Å². The van der Waals surface area contributed by atoms with Crippen molar-refractivity contribution in [2.45, 2.75) is 161 Å². The Balaban J connectivity index is 3.67. The number of allylic oxidation sites excluding steroid dienone is 12. The highest BCUT2D eigenvalue weighted by molar-refractivity contribution is 5.70. The lowest BCUT2D eigenvalue weighted by Crippen LogP contribution is -2.28. The fourth-order valence-corrected chi connectivity index (χ4v) is 4.69. The number of esters is 2. The first-order valence-electron chi connectivity index (χ1n) is 18.5. The molecule has 262 valence electrons. The molecule has 0 aromatic rings. The molecule has 1 unspecified atom stereocenters. The second-order valence-corrected chi connectivity index (χ2v) is 11.9. The maximum absolute atomic E-state index is 12.1. The molecule has 0 heterocycles. The monoisotopic (exact) mass is 641 g/mol. The van der Waals surface area contributed by atoms with Gasteiger partial charge in [0.05, 0.1) is 6.61 Å². The molecule has 5 heteroatoms. The van der Waals surface area contributed by atoms with E-state index >= 15 is 0 Å². The van der Waals surface area contributed by atoms with Crippen LogP contribution in [0.3, 0.4) is 0 Å². The zero-order valence-electron chi connectivity index (χ0n) is 29.6. The Morgan fingerprint density at radius 3 is 1.41 bits per heavy atom. The van der Waals surface area contributed by atoms with Crippen molar-refractivity contribution < 1.29 is 24.2 Å². The Kier molecular flexibility index (Phi) is 34.7. The van der Waals surface area contributed by atoms with Gasteiger partial charge in [0.15, 0.2) is 6.10 Å². The molecule has 0 amide bonds. The van der Waals surface area contributed by atoms with Crippen LogP contribution >= 0.6 is 0 Å². The molecule has 0 aromatic carbocycles. The predicted octanol–water partition coefficient (Wildman–Crippen LogP) is 11.4. The lowest BCUT2D eigenvalue weighted by molar-refractivity contribution is -0.161. The SMILES string of the molecule is CCC=CCC=CCC=CCC=CCCCCCCC(=O)OC(CO)COC(=O)CCCCCCCC=CCC=CCCCCC. The van der Waals surface area contributed by atoms with Crippen LogP contribution < -0.4 is 0 Å². The summed E-state index contributed by atoms with van der Waals surface area (Å²) in [5, 5.41) is 9.53.